The molecule has 1 amide bonds. The molecule has 0 radical (unpaired) electrons. The number of aryl methyl sites for hydroxylation is 2. The van der Waals surface area contributed by atoms with Crippen molar-refractivity contribution in [3.05, 3.63) is 71.1 Å². The molecule has 3 aromatic rings. The van der Waals surface area contributed by atoms with Crippen LogP contribution in [0.1, 0.15) is 104 Å². The standard InChI is InChI=1S/C32H46N6O/c1-23(2)30(38(21-26-14-11-17-33-19-26)32(39)28-18-24(3)36(4)35-28)31-34-29(27-15-9-6-10-16-27)22-37(31)20-25-12-7-5-8-13-25/h5,7-8,12-13,18,22-23,26-27,30,33H,6,9-11,14-17,19-21H2,1-4H3/t26?,30-/m1/s1. The smallest absolute Gasteiger partial charge is 0.275 e. The molecule has 39 heavy (non-hydrogen) atoms. The van der Waals surface area contributed by atoms with E-state index in [1.165, 1.54) is 43.4 Å². The van der Waals surface area contributed by atoms with Crippen LogP contribution in [0.4, 0.5) is 0 Å². The summed E-state index contributed by atoms with van der Waals surface area (Å²) in [5.41, 5.74) is 3.97. The normalized spacial score (nSPS) is 19.4. The van der Waals surface area contributed by atoms with Crippen molar-refractivity contribution in [1.29, 1.82) is 0 Å². The van der Waals surface area contributed by atoms with Crippen LogP contribution in [0.2, 0.25) is 0 Å². The molecule has 1 aliphatic carbocycles. The molecular weight excluding hydrogens is 484 g/mol. The average Bonchev–Trinajstić information content (AvgIpc) is 3.51. The van der Waals surface area contributed by atoms with Crippen molar-refractivity contribution in [3.63, 3.8) is 0 Å². The molecule has 2 aliphatic rings. The van der Waals surface area contributed by atoms with Gasteiger partial charge in [-0.15, -0.1) is 0 Å². The molecule has 0 spiro atoms. The van der Waals surface area contributed by atoms with E-state index in [9.17, 15) is 4.79 Å². The van der Waals surface area contributed by atoms with Gasteiger partial charge in [0.15, 0.2) is 5.69 Å². The quantitative estimate of drug-likeness (QED) is 0.376. The third-order valence-corrected chi connectivity index (χ3v) is 8.72. The van der Waals surface area contributed by atoms with Gasteiger partial charge in [-0.05, 0) is 69.2 Å². The molecule has 1 aromatic carbocycles. The van der Waals surface area contributed by atoms with Crippen LogP contribution in [0.15, 0.2) is 42.6 Å². The van der Waals surface area contributed by atoms with Crippen LogP contribution in [-0.2, 0) is 13.6 Å². The van der Waals surface area contributed by atoms with Crippen LogP contribution in [-0.4, -0.2) is 49.8 Å². The Bertz CT molecular complexity index is 1200. The number of hydrogen-bond acceptors (Lipinski definition) is 4. The Morgan fingerprint density at radius 2 is 1.87 bits per heavy atom. The Morgan fingerprint density at radius 1 is 1.10 bits per heavy atom. The summed E-state index contributed by atoms with van der Waals surface area (Å²) in [5.74, 6) is 2.15. The van der Waals surface area contributed by atoms with E-state index in [1.54, 1.807) is 4.68 Å². The maximum Gasteiger partial charge on any atom is 0.275 e. The van der Waals surface area contributed by atoms with E-state index >= 15 is 0 Å². The summed E-state index contributed by atoms with van der Waals surface area (Å²) in [6, 6.07) is 12.4. The summed E-state index contributed by atoms with van der Waals surface area (Å²) in [6.07, 6.45) is 10.9. The topological polar surface area (TPSA) is 68.0 Å². The number of carbonyl (C=O) groups is 1. The first kappa shape index (κ1) is 27.6. The molecular formula is C32H46N6O. The van der Waals surface area contributed by atoms with Gasteiger partial charge in [-0.3, -0.25) is 9.48 Å². The second-order valence-corrected chi connectivity index (χ2v) is 12.1. The molecule has 2 aromatic heterocycles. The Hall–Kier alpha value is -2.93. The Kier molecular flexibility index (Phi) is 8.85. The minimum Gasteiger partial charge on any atom is -0.328 e. The van der Waals surface area contributed by atoms with E-state index in [-0.39, 0.29) is 17.9 Å². The van der Waals surface area contributed by atoms with Gasteiger partial charge in [0, 0.05) is 37.9 Å². The summed E-state index contributed by atoms with van der Waals surface area (Å²) in [5, 5.41) is 8.16. The number of imidazole rings is 1. The van der Waals surface area contributed by atoms with Gasteiger partial charge in [-0.25, -0.2) is 4.98 Å². The molecule has 1 unspecified atom stereocenters. The average molecular weight is 531 g/mol. The number of nitrogens with one attached hydrogen (secondary N) is 1. The number of aromatic nitrogens is 4. The lowest BCUT2D eigenvalue weighted by molar-refractivity contribution is 0.0539. The van der Waals surface area contributed by atoms with Crippen LogP contribution in [0, 0.1) is 18.8 Å². The summed E-state index contributed by atoms with van der Waals surface area (Å²) in [7, 11) is 1.91. The highest BCUT2D eigenvalue weighted by Crippen LogP contribution is 2.36. The number of hydrogen-bond donors (Lipinski definition) is 1. The van der Waals surface area contributed by atoms with E-state index in [0.717, 1.165) is 44.0 Å². The molecule has 7 nitrogen and oxygen atoms in total. The molecule has 0 bridgehead atoms. The lowest BCUT2D eigenvalue weighted by atomic mass is 9.87. The van der Waals surface area contributed by atoms with Crippen molar-refractivity contribution in [1.82, 2.24) is 29.5 Å². The van der Waals surface area contributed by atoms with Gasteiger partial charge in [0.05, 0.1) is 11.7 Å². The molecule has 1 N–H and O–H groups in total. The summed E-state index contributed by atoms with van der Waals surface area (Å²) in [4.78, 5) is 21.8. The van der Waals surface area contributed by atoms with Crippen LogP contribution in [0.25, 0.3) is 0 Å². The third kappa shape index (κ3) is 6.46. The third-order valence-electron chi connectivity index (χ3n) is 8.72. The van der Waals surface area contributed by atoms with Gasteiger partial charge >= 0.3 is 0 Å². The van der Waals surface area contributed by atoms with Gasteiger partial charge in [0.2, 0.25) is 0 Å². The highest BCUT2D eigenvalue weighted by Gasteiger charge is 2.36. The van der Waals surface area contributed by atoms with E-state index < -0.39 is 0 Å². The molecule has 1 aliphatic heterocycles. The predicted octanol–water partition coefficient (Wildman–Crippen LogP) is 5.86. The fourth-order valence-corrected chi connectivity index (χ4v) is 6.48. The van der Waals surface area contributed by atoms with Crippen molar-refractivity contribution in [2.75, 3.05) is 19.6 Å². The van der Waals surface area contributed by atoms with Crippen molar-refractivity contribution >= 4 is 5.91 Å². The molecule has 1 saturated heterocycles. The molecule has 210 valence electrons. The van der Waals surface area contributed by atoms with Crippen molar-refractivity contribution < 1.29 is 4.79 Å². The summed E-state index contributed by atoms with van der Waals surface area (Å²) in [6.45, 7) is 9.94. The van der Waals surface area contributed by atoms with E-state index in [1.807, 2.05) is 20.0 Å². The number of amides is 1. The molecule has 7 heteroatoms. The van der Waals surface area contributed by atoms with Crippen molar-refractivity contribution in [2.45, 2.75) is 84.2 Å². The Labute approximate surface area is 234 Å². The largest absolute Gasteiger partial charge is 0.328 e. The van der Waals surface area contributed by atoms with Gasteiger partial charge in [-0.1, -0.05) is 63.4 Å². The fraction of sp³-hybridized carbons (Fsp3) is 0.594. The monoisotopic (exact) mass is 530 g/mol. The fourth-order valence-electron chi connectivity index (χ4n) is 6.48. The summed E-state index contributed by atoms with van der Waals surface area (Å²) < 4.78 is 4.14. The lowest BCUT2D eigenvalue weighted by Gasteiger charge is -2.37. The van der Waals surface area contributed by atoms with Crippen LogP contribution >= 0.6 is 0 Å². The second kappa shape index (κ2) is 12.5. The minimum absolute atomic E-state index is 0.0106. The lowest BCUT2D eigenvalue weighted by Crippen LogP contribution is -2.45. The maximum atomic E-state index is 14.3. The molecule has 2 fully saturated rings. The van der Waals surface area contributed by atoms with Crippen LogP contribution in [0.3, 0.4) is 0 Å². The zero-order valence-electron chi connectivity index (χ0n) is 24.3. The van der Waals surface area contributed by atoms with Gasteiger partial charge in [-0.2, -0.15) is 5.10 Å². The van der Waals surface area contributed by atoms with Crippen molar-refractivity contribution in [2.24, 2.45) is 18.9 Å². The van der Waals surface area contributed by atoms with Crippen LogP contribution < -0.4 is 5.32 Å². The minimum atomic E-state index is -0.136. The number of benzene rings is 1. The van der Waals surface area contributed by atoms with Gasteiger partial charge < -0.3 is 14.8 Å². The Balaban J connectivity index is 1.56. The van der Waals surface area contributed by atoms with E-state index in [0.29, 0.717) is 24.1 Å². The molecule has 2 atom stereocenters. The first-order chi connectivity index (χ1) is 18.9. The highest BCUT2D eigenvalue weighted by atomic mass is 16.2. The maximum absolute atomic E-state index is 14.3. The second-order valence-electron chi connectivity index (χ2n) is 12.1. The Morgan fingerprint density at radius 3 is 2.51 bits per heavy atom. The van der Waals surface area contributed by atoms with Gasteiger partial charge in [0.25, 0.3) is 5.91 Å². The summed E-state index contributed by atoms with van der Waals surface area (Å²) >= 11 is 0. The van der Waals surface area contributed by atoms with E-state index in [2.05, 4.69) is 70.3 Å². The molecule has 3 heterocycles. The zero-order valence-corrected chi connectivity index (χ0v) is 24.3. The number of piperidine rings is 1. The molecule has 1 saturated carbocycles. The first-order valence-electron chi connectivity index (χ1n) is 15.0. The number of carbonyl (C=O) groups excluding carboxylic acids is 1. The number of nitrogens with zero attached hydrogens (tertiary/aromatic N) is 5. The first-order valence-corrected chi connectivity index (χ1v) is 15.0. The highest BCUT2D eigenvalue weighted by molar-refractivity contribution is 5.92. The molecule has 5 rings (SSSR count). The zero-order chi connectivity index (χ0) is 27.4. The van der Waals surface area contributed by atoms with Crippen LogP contribution in [0.5, 0.6) is 0 Å². The van der Waals surface area contributed by atoms with Gasteiger partial charge in [0.1, 0.15) is 5.82 Å². The number of rotatable bonds is 9. The van der Waals surface area contributed by atoms with Crippen molar-refractivity contribution in [3.8, 4) is 0 Å². The predicted molar refractivity (Wildman–Crippen MR) is 156 cm³/mol. The SMILES string of the molecule is Cc1cc(C(=O)N(CC2CCCNC2)[C@@H](c2nc(C3CCCCC3)cn2Cc2ccccc2)C(C)C)nn1C. The van der Waals surface area contributed by atoms with E-state index in [4.69, 9.17) is 4.98 Å².